The third-order valence-corrected chi connectivity index (χ3v) is 8.99. The van der Waals surface area contributed by atoms with E-state index in [-0.39, 0.29) is 12.6 Å². The van der Waals surface area contributed by atoms with Crippen LogP contribution in [0.1, 0.15) is 77.8 Å². The molecule has 2 N–H and O–H groups in total. The Morgan fingerprint density at radius 3 is 1.83 bits per heavy atom. The van der Waals surface area contributed by atoms with E-state index in [2.05, 4.69) is 58.4 Å². The van der Waals surface area contributed by atoms with Gasteiger partial charge in [0.25, 0.3) is 0 Å². The molecule has 0 spiro atoms. The van der Waals surface area contributed by atoms with Crippen LogP contribution in [0.15, 0.2) is 36.7 Å². The number of esters is 2. The molecule has 0 atom stereocenters. The van der Waals surface area contributed by atoms with Crippen LogP contribution in [0.3, 0.4) is 0 Å². The Morgan fingerprint density at radius 2 is 1.30 bits per heavy atom. The summed E-state index contributed by atoms with van der Waals surface area (Å²) in [6, 6.07) is 7.22. The fourth-order valence-corrected chi connectivity index (χ4v) is 6.69. The Morgan fingerprint density at radius 1 is 0.778 bits per heavy atom. The first-order valence-corrected chi connectivity index (χ1v) is 18.6. The van der Waals surface area contributed by atoms with Crippen molar-refractivity contribution in [2.24, 2.45) is 14.1 Å². The number of halogens is 1. The Hall–Kier alpha value is -5.46. The van der Waals surface area contributed by atoms with Gasteiger partial charge < -0.3 is 19.5 Å². The molecule has 2 aliphatic carbocycles. The highest BCUT2D eigenvalue weighted by atomic mass is 127. The number of rotatable bonds is 7. The van der Waals surface area contributed by atoms with Gasteiger partial charge in [-0.2, -0.15) is 10.2 Å². The van der Waals surface area contributed by atoms with Gasteiger partial charge in [-0.3, -0.25) is 14.7 Å². The molecule has 0 bridgehead atoms. The van der Waals surface area contributed by atoms with Crippen molar-refractivity contribution >= 4 is 57.9 Å². The number of hydrogen-bond acceptors (Lipinski definition) is 13. The van der Waals surface area contributed by atoms with Crippen molar-refractivity contribution in [3.63, 3.8) is 0 Å². The number of carbonyl (C=O) groups excluding carboxylic acids is 3. The van der Waals surface area contributed by atoms with E-state index in [4.69, 9.17) is 19.2 Å². The summed E-state index contributed by atoms with van der Waals surface area (Å²) >= 11 is 2.09. The maximum absolute atomic E-state index is 12.4. The Balaban J connectivity index is 0.000000210. The van der Waals surface area contributed by atoms with Crippen LogP contribution in [0.4, 0.5) is 22.1 Å². The molecule has 282 valence electrons. The van der Waals surface area contributed by atoms with Crippen LogP contribution in [-0.2, 0) is 54.0 Å². The van der Waals surface area contributed by atoms with Crippen molar-refractivity contribution < 1.29 is 28.6 Å². The van der Waals surface area contributed by atoms with Crippen LogP contribution in [0.5, 0.6) is 0 Å². The number of benzene rings is 1. The first-order valence-electron chi connectivity index (χ1n) is 17.5. The molecule has 0 saturated heterocycles. The van der Waals surface area contributed by atoms with Crippen LogP contribution < -0.4 is 10.6 Å². The van der Waals surface area contributed by atoms with E-state index in [1.807, 2.05) is 31.4 Å². The number of aromatic nitrogens is 8. The van der Waals surface area contributed by atoms with Gasteiger partial charge in [-0.05, 0) is 83.6 Å². The van der Waals surface area contributed by atoms with E-state index in [1.165, 1.54) is 0 Å². The van der Waals surface area contributed by atoms with Gasteiger partial charge in [0.2, 0.25) is 5.95 Å². The largest absolute Gasteiger partial charge is 0.461 e. The Bertz CT molecular complexity index is 2240. The number of fused-ring (bicyclic) bond motifs is 6. The number of nitrogens with one attached hydrogen (secondary N) is 2. The third-order valence-electron chi connectivity index (χ3n) is 8.47. The van der Waals surface area contributed by atoms with Crippen molar-refractivity contribution in [2.45, 2.75) is 65.9 Å². The third kappa shape index (κ3) is 8.19. The van der Waals surface area contributed by atoms with Crippen LogP contribution in [0.2, 0.25) is 0 Å². The van der Waals surface area contributed by atoms with Gasteiger partial charge in [-0.25, -0.2) is 34.3 Å². The van der Waals surface area contributed by atoms with Gasteiger partial charge in [0.15, 0.2) is 15.2 Å². The molecule has 4 heterocycles. The summed E-state index contributed by atoms with van der Waals surface area (Å²) in [6.45, 7) is 9.60. The van der Waals surface area contributed by atoms with Crippen LogP contribution in [-0.4, -0.2) is 76.3 Å². The molecule has 2 aliphatic rings. The number of anilines is 3. The van der Waals surface area contributed by atoms with Crippen LogP contribution in [0, 0.1) is 3.83 Å². The molecule has 17 heteroatoms. The van der Waals surface area contributed by atoms with Gasteiger partial charge in [0, 0.05) is 60.2 Å². The van der Waals surface area contributed by atoms with Gasteiger partial charge >= 0.3 is 18.0 Å². The second kappa shape index (κ2) is 15.9. The molecule has 0 aliphatic heterocycles. The summed E-state index contributed by atoms with van der Waals surface area (Å²) in [6.07, 6.45) is 5.99. The number of aryl methyl sites for hydroxylation is 4. The summed E-state index contributed by atoms with van der Waals surface area (Å²) in [7, 11) is 3.61. The summed E-state index contributed by atoms with van der Waals surface area (Å²) < 4.78 is 19.7. The summed E-state index contributed by atoms with van der Waals surface area (Å²) in [5, 5.41) is 14.7. The molecule has 5 aromatic rings. The Labute approximate surface area is 325 Å². The summed E-state index contributed by atoms with van der Waals surface area (Å²) in [5.41, 5.74) is 8.32. The van der Waals surface area contributed by atoms with Crippen LogP contribution in [0.25, 0.3) is 22.8 Å². The number of carbonyl (C=O) groups is 3. The molecule has 0 saturated carbocycles. The van der Waals surface area contributed by atoms with E-state index in [0.717, 1.165) is 52.2 Å². The molecule has 54 heavy (non-hydrogen) atoms. The second-order valence-electron chi connectivity index (χ2n) is 13.4. The number of nitrogens with zero attached hydrogens (tertiary/aromatic N) is 8. The highest BCUT2D eigenvalue weighted by molar-refractivity contribution is 14.1. The summed E-state index contributed by atoms with van der Waals surface area (Å²) in [4.78, 5) is 54.5. The quantitative estimate of drug-likeness (QED) is 0.0841. The van der Waals surface area contributed by atoms with Crippen molar-refractivity contribution in [3.05, 3.63) is 74.1 Å². The molecule has 16 nitrogen and oxygen atoms in total. The smallest absolute Gasteiger partial charge is 0.412 e. The first kappa shape index (κ1) is 38.3. The maximum atomic E-state index is 12.4. The average Bonchev–Trinajstić information content (AvgIpc) is 3.65. The molecule has 0 radical (unpaired) electrons. The molecule has 0 fully saturated rings. The highest BCUT2D eigenvalue weighted by Crippen LogP contribution is 2.36. The lowest BCUT2D eigenvalue weighted by Crippen LogP contribution is -2.27. The number of amides is 1. The minimum absolute atomic E-state index is 0.285. The minimum atomic E-state index is -0.614. The van der Waals surface area contributed by atoms with Gasteiger partial charge in [0.1, 0.15) is 5.60 Å². The highest BCUT2D eigenvalue weighted by Gasteiger charge is 2.31. The molecule has 7 rings (SSSR count). The molecule has 4 aromatic heterocycles. The lowest BCUT2D eigenvalue weighted by atomic mass is 9.93. The van der Waals surface area contributed by atoms with Crippen molar-refractivity contribution in [2.75, 3.05) is 23.8 Å². The topological polar surface area (TPSA) is 190 Å². The lowest BCUT2D eigenvalue weighted by Gasteiger charge is -2.21. The van der Waals surface area contributed by atoms with Crippen LogP contribution >= 0.6 is 22.6 Å². The first-order chi connectivity index (χ1) is 25.8. The predicted octanol–water partition coefficient (Wildman–Crippen LogP) is 6.00. The van der Waals surface area contributed by atoms with Crippen molar-refractivity contribution in [1.82, 2.24) is 39.5 Å². The van der Waals surface area contributed by atoms with E-state index in [9.17, 15) is 14.4 Å². The van der Waals surface area contributed by atoms with E-state index >= 15 is 0 Å². The zero-order valence-electron chi connectivity index (χ0n) is 31.1. The van der Waals surface area contributed by atoms with E-state index < -0.39 is 17.7 Å². The average molecular weight is 849 g/mol. The van der Waals surface area contributed by atoms with Crippen molar-refractivity contribution in [3.8, 4) is 22.8 Å². The fourth-order valence-electron chi connectivity index (χ4n) is 6.31. The number of hydrogen-bond donors (Lipinski definition) is 2. The number of ether oxygens (including phenoxy) is 3. The predicted molar refractivity (Wildman–Crippen MR) is 207 cm³/mol. The standard InChI is InChI=1S/C24H28N6O4.C13H13IN4O2/c1-6-33-21(31)19-15-12-11-14-13-25-22(28-18(14)20(15)30(5)29-19)26-16-9-7-8-10-17(16)27-23(32)34-24(2,3)4;1-3-20-12(19)10-8-5-4-7-6-15-13(14)16-9(7)11(8)18(2)17-10/h7-10,13H,6,11-12H2,1-5H3,(H,27,32)(H,25,26,28);6H,3-5H2,1-2H3. The normalized spacial score (nSPS) is 12.5. The van der Waals surface area contributed by atoms with Gasteiger partial charge in [-0.1, -0.05) is 12.1 Å². The van der Waals surface area contributed by atoms with E-state index in [0.29, 0.717) is 57.7 Å². The second-order valence-corrected chi connectivity index (χ2v) is 14.4. The lowest BCUT2D eigenvalue weighted by molar-refractivity contribution is 0.0508. The monoisotopic (exact) mass is 848 g/mol. The van der Waals surface area contributed by atoms with Gasteiger partial charge in [-0.15, -0.1) is 0 Å². The minimum Gasteiger partial charge on any atom is -0.461 e. The molecular weight excluding hydrogens is 807 g/mol. The Kier molecular flexibility index (Phi) is 11.3. The molecule has 0 unspecified atom stereocenters. The van der Waals surface area contributed by atoms with Crippen molar-refractivity contribution in [1.29, 1.82) is 0 Å². The molecule has 1 amide bonds. The zero-order valence-corrected chi connectivity index (χ0v) is 33.3. The fraction of sp³-hybridized carbons (Fsp3) is 0.378. The van der Waals surface area contributed by atoms with E-state index in [1.54, 1.807) is 63.3 Å². The maximum Gasteiger partial charge on any atom is 0.412 e. The number of para-hydroxylation sites is 2. The summed E-state index contributed by atoms with van der Waals surface area (Å²) in [5.74, 6) is -0.446. The van der Waals surface area contributed by atoms with Gasteiger partial charge in [0.05, 0.1) is 47.4 Å². The zero-order chi connectivity index (χ0) is 38.7. The SMILES string of the molecule is CCOC(=O)c1nn(C)c2c1CCc1cnc(I)nc1-2.CCOC(=O)c1nn(C)c2c1CCc1cnc(Nc3ccccc3NC(=O)OC(C)(C)C)nc1-2. The molecular formula is C37H41IN10O6. The molecule has 1 aromatic carbocycles.